The number of anilines is 1. The highest BCUT2D eigenvalue weighted by molar-refractivity contribution is 7.13. The van der Waals surface area contributed by atoms with Gasteiger partial charge in [-0.3, -0.25) is 14.6 Å². The number of aryl methyl sites for hydroxylation is 1. The molecule has 37 heavy (non-hydrogen) atoms. The summed E-state index contributed by atoms with van der Waals surface area (Å²) in [5.74, 6) is -0.299. The minimum absolute atomic E-state index is 0.122. The van der Waals surface area contributed by atoms with Gasteiger partial charge in [0, 0.05) is 52.9 Å². The van der Waals surface area contributed by atoms with Crippen molar-refractivity contribution < 1.29 is 9.59 Å². The molecule has 0 saturated heterocycles. The predicted molar refractivity (Wildman–Crippen MR) is 148 cm³/mol. The molecule has 2 amide bonds. The zero-order valence-electron chi connectivity index (χ0n) is 21.2. The predicted octanol–water partition coefficient (Wildman–Crippen LogP) is 4.60. The van der Waals surface area contributed by atoms with E-state index in [4.69, 9.17) is 4.98 Å². The van der Waals surface area contributed by atoms with Crippen LogP contribution < -0.4 is 10.6 Å². The topological polar surface area (TPSA) is 103 Å². The number of fused-ring (bicyclic) bond motifs is 1. The van der Waals surface area contributed by atoms with Crippen LogP contribution in [0.4, 0.5) is 5.69 Å². The van der Waals surface area contributed by atoms with Crippen molar-refractivity contribution in [2.24, 2.45) is 0 Å². The van der Waals surface area contributed by atoms with Crippen LogP contribution in [0, 0.1) is 13.8 Å². The molecule has 0 spiro atoms. The second-order valence-electron chi connectivity index (χ2n) is 9.25. The molecule has 0 bridgehead atoms. The average Bonchev–Trinajstić information content (AvgIpc) is 3.56. The molecule has 0 radical (unpaired) electrons. The fraction of sp³-hybridized carbons (Fsp3) is 0.214. The van der Waals surface area contributed by atoms with E-state index in [1.54, 1.807) is 6.20 Å². The number of nitrogens with zero attached hydrogens (tertiary/aromatic N) is 3. The Morgan fingerprint density at radius 2 is 2.00 bits per heavy atom. The Labute approximate surface area is 219 Å². The third-order valence-corrected chi connectivity index (χ3v) is 7.19. The van der Waals surface area contributed by atoms with Gasteiger partial charge in [-0.1, -0.05) is 12.1 Å². The van der Waals surface area contributed by atoms with Crippen LogP contribution in [0.2, 0.25) is 0 Å². The van der Waals surface area contributed by atoms with Gasteiger partial charge >= 0.3 is 0 Å². The number of likely N-dealkylation sites (N-methyl/N-ethyl adjacent to an activating group) is 1. The standard InChI is InChI=1S/C28H28N6O2S/c1-16-23(31-17(2)25(16)27(36)30-11-12-34(3)4)14-20-19-13-18(8-9-21(19)32-26(20)35)24-15-37-28(33-24)22-7-5-6-10-29-22/h5-10,13-15,31H,11-12H2,1-4H3,(H,30,36)(H,32,35)/b20-14-. The molecule has 8 nitrogen and oxygen atoms in total. The first-order chi connectivity index (χ1) is 17.8. The van der Waals surface area contributed by atoms with E-state index in [1.807, 2.05) is 80.7 Å². The van der Waals surface area contributed by atoms with E-state index >= 15 is 0 Å². The van der Waals surface area contributed by atoms with E-state index in [0.717, 1.165) is 56.7 Å². The van der Waals surface area contributed by atoms with E-state index < -0.39 is 0 Å². The lowest BCUT2D eigenvalue weighted by Gasteiger charge is -2.10. The Balaban J connectivity index is 1.45. The van der Waals surface area contributed by atoms with E-state index in [0.29, 0.717) is 17.7 Å². The van der Waals surface area contributed by atoms with Crippen LogP contribution in [0.3, 0.4) is 0 Å². The van der Waals surface area contributed by atoms with Gasteiger partial charge in [-0.15, -0.1) is 11.3 Å². The van der Waals surface area contributed by atoms with Gasteiger partial charge in [0.05, 0.1) is 22.5 Å². The Morgan fingerprint density at radius 1 is 1.16 bits per heavy atom. The summed E-state index contributed by atoms with van der Waals surface area (Å²) in [7, 11) is 3.93. The van der Waals surface area contributed by atoms with Crippen LogP contribution in [0.5, 0.6) is 0 Å². The number of pyridine rings is 1. The Kier molecular flexibility index (Phi) is 6.73. The first kappa shape index (κ1) is 24.6. The van der Waals surface area contributed by atoms with Gasteiger partial charge in [0.2, 0.25) is 0 Å². The highest BCUT2D eigenvalue weighted by Gasteiger charge is 2.26. The molecule has 5 rings (SSSR count). The number of aromatic amines is 1. The van der Waals surface area contributed by atoms with Gasteiger partial charge in [-0.2, -0.15) is 0 Å². The van der Waals surface area contributed by atoms with Crippen molar-refractivity contribution in [3.05, 3.63) is 76.1 Å². The van der Waals surface area contributed by atoms with E-state index in [9.17, 15) is 9.59 Å². The van der Waals surface area contributed by atoms with Crippen molar-refractivity contribution >= 4 is 40.5 Å². The van der Waals surface area contributed by atoms with Crippen molar-refractivity contribution in [1.82, 2.24) is 25.2 Å². The quantitative estimate of drug-likeness (QED) is 0.314. The summed E-state index contributed by atoms with van der Waals surface area (Å²) in [5.41, 5.74) is 7.61. The third kappa shape index (κ3) is 4.96. The lowest BCUT2D eigenvalue weighted by atomic mass is 10.0. The van der Waals surface area contributed by atoms with Crippen LogP contribution in [-0.2, 0) is 4.79 Å². The first-order valence-corrected chi connectivity index (χ1v) is 12.9. The summed E-state index contributed by atoms with van der Waals surface area (Å²) in [6.45, 7) is 5.09. The summed E-state index contributed by atoms with van der Waals surface area (Å²) in [5, 5.41) is 8.76. The number of amides is 2. The van der Waals surface area contributed by atoms with Crippen molar-refractivity contribution in [3.8, 4) is 22.0 Å². The molecule has 188 valence electrons. The van der Waals surface area contributed by atoms with E-state index in [1.165, 1.54) is 11.3 Å². The SMILES string of the molecule is Cc1[nH]c(/C=C2\C(=O)Nc3ccc(-c4csc(-c5ccccn5)n4)cc32)c(C)c1C(=O)NCCN(C)C. The molecule has 0 aliphatic carbocycles. The molecule has 4 aromatic rings. The average molecular weight is 513 g/mol. The zero-order valence-corrected chi connectivity index (χ0v) is 22.0. The molecule has 4 heterocycles. The van der Waals surface area contributed by atoms with E-state index in [-0.39, 0.29) is 11.8 Å². The maximum Gasteiger partial charge on any atom is 0.256 e. The van der Waals surface area contributed by atoms with Crippen molar-refractivity contribution in [2.45, 2.75) is 13.8 Å². The maximum atomic E-state index is 12.9. The lowest BCUT2D eigenvalue weighted by Crippen LogP contribution is -2.31. The molecule has 0 fully saturated rings. The number of rotatable bonds is 7. The molecule has 3 N–H and O–H groups in total. The second kappa shape index (κ2) is 10.1. The molecule has 0 saturated carbocycles. The van der Waals surface area contributed by atoms with Gasteiger partial charge in [-0.25, -0.2) is 4.98 Å². The molecule has 0 atom stereocenters. The normalized spacial score (nSPS) is 13.8. The van der Waals surface area contributed by atoms with Crippen LogP contribution in [0.15, 0.2) is 48.0 Å². The van der Waals surface area contributed by atoms with Crippen LogP contribution in [-0.4, -0.2) is 58.9 Å². The van der Waals surface area contributed by atoms with Crippen LogP contribution in [0.1, 0.15) is 32.9 Å². The monoisotopic (exact) mass is 512 g/mol. The Morgan fingerprint density at radius 3 is 2.76 bits per heavy atom. The summed E-state index contributed by atoms with van der Waals surface area (Å²) in [6, 6.07) is 11.6. The molecule has 3 aromatic heterocycles. The Bertz CT molecular complexity index is 1520. The molecule has 1 aliphatic heterocycles. The summed E-state index contributed by atoms with van der Waals surface area (Å²) >= 11 is 1.53. The number of H-pyrrole nitrogens is 1. The van der Waals surface area contributed by atoms with Crippen molar-refractivity contribution in [1.29, 1.82) is 0 Å². The number of carbonyl (C=O) groups is 2. The molecule has 9 heteroatoms. The number of aromatic nitrogens is 3. The van der Waals surface area contributed by atoms with Crippen LogP contribution >= 0.6 is 11.3 Å². The molecular formula is C28H28N6O2S. The smallest absolute Gasteiger partial charge is 0.256 e. The van der Waals surface area contributed by atoms with Gasteiger partial charge in [-0.05, 0) is 63.8 Å². The number of hydrogen-bond acceptors (Lipinski definition) is 6. The lowest BCUT2D eigenvalue weighted by molar-refractivity contribution is -0.110. The molecule has 0 unspecified atom stereocenters. The zero-order chi connectivity index (χ0) is 26.1. The first-order valence-electron chi connectivity index (χ1n) is 12.0. The number of thiazole rings is 1. The van der Waals surface area contributed by atoms with Gasteiger partial charge in [0.15, 0.2) is 0 Å². The number of carbonyl (C=O) groups excluding carboxylic acids is 2. The van der Waals surface area contributed by atoms with Crippen molar-refractivity contribution in [2.75, 3.05) is 32.5 Å². The number of hydrogen-bond donors (Lipinski definition) is 3. The highest BCUT2D eigenvalue weighted by Crippen LogP contribution is 2.37. The van der Waals surface area contributed by atoms with E-state index in [2.05, 4.69) is 20.6 Å². The third-order valence-electron chi connectivity index (χ3n) is 6.32. The summed E-state index contributed by atoms with van der Waals surface area (Å²) in [6.07, 6.45) is 3.58. The minimum Gasteiger partial charge on any atom is -0.358 e. The number of nitrogens with one attached hydrogen (secondary N) is 3. The fourth-order valence-corrected chi connectivity index (χ4v) is 5.19. The molecule has 1 aromatic carbocycles. The number of benzene rings is 1. The highest BCUT2D eigenvalue weighted by atomic mass is 32.1. The summed E-state index contributed by atoms with van der Waals surface area (Å²) in [4.78, 5) is 40.2. The largest absolute Gasteiger partial charge is 0.358 e. The van der Waals surface area contributed by atoms with Gasteiger partial charge < -0.3 is 20.5 Å². The maximum absolute atomic E-state index is 12.9. The van der Waals surface area contributed by atoms with Crippen LogP contribution in [0.25, 0.3) is 33.6 Å². The minimum atomic E-state index is -0.178. The molecular weight excluding hydrogens is 484 g/mol. The second-order valence-corrected chi connectivity index (χ2v) is 10.1. The van der Waals surface area contributed by atoms with Crippen molar-refractivity contribution in [3.63, 3.8) is 0 Å². The van der Waals surface area contributed by atoms with Gasteiger partial charge in [0.1, 0.15) is 5.01 Å². The molecule has 1 aliphatic rings. The Hall–Kier alpha value is -4.08. The fourth-order valence-electron chi connectivity index (χ4n) is 4.39. The van der Waals surface area contributed by atoms with Gasteiger partial charge in [0.25, 0.3) is 11.8 Å². The summed E-state index contributed by atoms with van der Waals surface area (Å²) < 4.78 is 0.